The molecule has 292 valence electrons. The standard InChI is InChI=1S/C60H37N3/c1-2-3-17-47-49-34-37(61-52-27-12-8-22-42(52)43-23-9-13-28-53(43)61)32-33-56(49)63-57-31-16-26-46-40-20-6-4-18-38(40)39-19-5-7-21-41(39)48-36-58(51(60(47)63)35-50(48)59(46)57)62-54-29-14-10-24-44(54)45-25-11-15-30-55(45)62/h2-36H,1H2/b17-3-,39-38?,46-40?,48-41?. The molecule has 0 radical (unpaired) electrons. The van der Waals surface area contributed by atoms with Crippen molar-refractivity contribution in [3.05, 3.63) is 218 Å². The molecule has 0 amide bonds. The number of benzene rings is 9. The number of hydrogen-bond donors (Lipinski definition) is 0. The first-order valence-electron chi connectivity index (χ1n) is 21.7. The summed E-state index contributed by atoms with van der Waals surface area (Å²) in [6.07, 6.45) is 6.27. The minimum atomic E-state index is 1.13. The summed E-state index contributed by atoms with van der Waals surface area (Å²) < 4.78 is 7.50. The highest BCUT2D eigenvalue weighted by Crippen LogP contribution is 2.48. The third kappa shape index (κ3) is 4.58. The van der Waals surface area contributed by atoms with Crippen molar-refractivity contribution in [3.8, 4) is 22.5 Å². The third-order valence-electron chi connectivity index (χ3n) is 13.7. The molecular weight excluding hydrogens is 763 g/mol. The molecule has 0 spiro atoms. The second-order valence-corrected chi connectivity index (χ2v) is 16.8. The molecule has 0 atom stereocenters. The zero-order valence-electron chi connectivity index (χ0n) is 34.3. The van der Waals surface area contributed by atoms with Gasteiger partial charge in [-0.3, -0.25) is 0 Å². The Balaban J connectivity index is 1.27. The predicted octanol–water partition coefficient (Wildman–Crippen LogP) is 16.2. The van der Waals surface area contributed by atoms with Crippen LogP contribution >= 0.6 is 0 Å². The summed E-state index contributed by atoms with van der Waals surface area (Å²) >= 11 is 0. The Morgan fingerprint density at radius 2 is 0.825 bits per heavy atom. The van der Waals surface area contributed by atoms with Gasteiger partial charge in [-0.05, 0) is 98.5 Å². The minimum Gasteiger partial charge on any atom is -0.309 e. The first kappa shape index (κ1) is 34.3. The molecule has 14 rings (SSSR count). The van der Waals surface area contributed by atoms with E-state index >= 15 is 0 Å². The topological polar surface area (TPSA) is 14.3 Å². The van der Waals surface area contributed by atoms with Crippen molar-refractivity contribution < 1.29 is 0 Å². The number of para-hydroxylation sites is 4. The highest BCUT2D eigenvalue weighted by Gasteiger charge is 2.25. The van der Waals surface area contributed by atoms with E-state index in [2.05, 4.69) is 226 Å². The maximum absolute atomic E-state index is 4.18. The fraction of sp³-hybridized carbons (Fsp3) is 0. The molecule has 0 unspecified atom stereocenters. The van der Waals surface area contributed by atoms with E-state index < -0.39 is 0 Å². The van der Waals surface area contributed by atoms with Crippen molar-refractivity contribution in [2.24, 2.45) is 0 Å². The molecule has 3 aromatic heterocycles. The van der Waals surface area contributed by atoms with Crippen LogP contribution in [0.2, 0.25) is 0 Å². The van der Waals surface area contributed by atoms with Crippen LogP contribution in [0.15, 0.2) is 213 Å². The largest absolute Gasteiger partial charge is 0.309 e. The highest BCUT2D eigenvalue weighted by atomic mass is 15.0. The van der Waals surface area contributed by atoms with Crippen molar-refractivity contribution in [2.75, 3.05) is 0 Å². The summed E-state index contributed by atoms with van der Waals surface area (Å²) in [5.74, 6) is 0. The van der Waals surface area contributed by atoms with Gasteiger partial charge < -0.3 is 13.5 Å². The van der Waals surface area contributed by atoms with Gasteiger partial charge in [-0.25, -0.2) is 0 Å². The normalized spacial score (nSPS) is 12.4. The molecule has 0 saturated heterocycles. The van der Waals surface area contributed by atoms with E-state index in [0.717, 1.165) is 28.0 Å². The van der Waals surface area contributed by atoms with Crippen molar-refractivity contribution >= 4 is 109 Å². The number of rotatable bonds is 4. The van der Waals surface area contributed by atoms with E-state index in [1.807, 2.05) is 6.08 Å². The SMILES string of the molecule is C=C/C=C\c1c2cc(-n3c4ccccc4c4ccccc43)ccc2n2c3cccc4c3-c3cc(c(-n5c6ccccc6c6ccccc65)cc3c3ccccc3c3ccccc43)c12. The molecule has 3 nitrogen and oxygen atoms in total. The molecular formula is C60H37N3. The van der Waals surface area contributed by atoms with Crippen LogP contribution in [-0.2, 0) is 0 Å². The number of allylic oxidation sites excluding steroid dienone is 2. The van der Waals surface area contributed by atoms with Crippen LogP contribution in [0.25, 0.3) is 132 Å². The van der Waals surface area contributed by atoms with Crippen LogP contribution < -0.4 is 0 Å². The average molecular weight is 800 g/mol. The Hall–Kier alpha value is -8.40. The number of fused-ring (bicyclic) bond motifs is 17. The second kappa shape index (κ2) is 12.8. The lowest BCUT2D eigenvalue weighted by Gasteiger charge is -2.17. The maximum Gasteiger partial charge on any atom is 0.0635 e. The van der Waals surface area contributed by atoms with Crippen molar-refractivity contribution in [2.45, 2.75) is 0 Å². The van der Waals surface area contributed by atoms with Crippen LogP contribution in [0.5, 0.6) is 0 Å². The van der Waals surface area contributed by atoms with Gasteiger partial charge in [0.1, 0.15) is 0 Å². The van der Waals surface area contributed by atoms with Gasteiger partial charge in [-0.15, -0.1) is 0 Å². The number of hydrogen-bond acceptors (Lipinski definition) is 0. The molecule has 2 bridgehead atoms. The van der Waals surface area contributed by atoms with Gasteiger partial charge in [-0.1, -0.05) is 158 Å². The summed E-state index contributed by atoms with van der Waals surface area (Å²) in [5, 5.41) is 14.7. The molecule has 3 heteroatoms. The lowest BCUT2D eigenvalue weighted by Crippen LogP contribution is -1.96. The third-order valence-corrected chi connectivity index (χ3v) is 13.7. The minimum absolute atomic E-state index is 1.13. The summed E-state index contributed by atoms with van der Waals surface area (Å²) in [6.45, 7) is 4.18. The van der Waals surface area contributed by atoms with Crippen LogP contribution in [0.3, 0.4) is 0 Å². The summed E-state index contributed by atoms with van der Waals surface area (Å²) in [4.78, 5) is 0. The van der Waals surface area contributed by atoms with Gasteiger partial charge in [-0.2, -0.15) is 0 Å². The maximum atomic E-state index is 4.18. The monoisotopic (exact) mass is 799 g/mol. The van der Waals surface area contributed by atoms with Crippen LogP contribution in [-0.4, -0.2) is 13.5 Å². The van der Waals surface area contributed by atoms with Crippen LogP contribution in [0.4, 0.5) is 0 Å². The first-order valence-corrected chi connectivity index (χ1v) is 21.7. The molecule has 0 fully saturated rings. The van der Waals surface area contributed by atoms with Gasteiger partial charge in [0.15, 0.2) is 0 Å². The summed E-state index contributed by atoms with van der Waals surface area (Å²) in [5.41, 5.74) is 14.1. The van der Waals surface area contributed by atoms with Gasteiger partial charge >= 0.3 is 0 Å². The van der Waals surface area contributed by atoms with Crippen molar-refractivity contribution in [3.63, 3.8) is 0 Å². The number of aromatic nitrogens is 3. The van der Waals surface area contributed by atoms with Gasteiger partial charge in [0.05, 0.1) is 44.3 Å². The quantitative estimate of drug-likeness (QED) is 0.158. The smallest absolute Gasteiger partial charge is 0.0635 e. The second-order valence-electron chi connectivity index (χ2n) is 16.8. The Morgan fingerprint density at radius 1 is 0.349 bits per heavy atom. The highest BCUT2D eigenvalue weighted by molar-refractivity contribution is 6.26. The van der Waals surface area contributed by atoms with Crippen LogP contribution in [0, 0.1) is 0 Å². The van der Waals surface area contributed by atoms with E-state index in [-0.39, 0.29) is 0 Å². The Kier molecular flexibility index (Phi) is 6.98. The van der Waals surface area contributed by atoms with E-state index in [0.29, 0.717) is 0 Å². The molecule has 1 aliphatic heterocycles. The average Bonchev–Trinajstić information content (AvgIpc) is 3.95. The molecule has 63 heavy (non-hydrogen) atoms. The Labute approximate surface area is 362 Å². The summed E-state index contributed by atoms with van der Waals surface area (Å²) in [6, 6.07) is 72.2. The molecule has 2 aliphatic rings. The zero-order chi connectivity index (χ0) is 41.3. The predicted molar refractivity (Wildman–Crippen MR) is 269 cm³/mol. The fourth-order valence-corrected chi connectivity index (χ4v) is 11.2. The Morgan fingerprint density at radius 3 is 1.40 bits per heavy atom. The molecule has 1 aliphatic carbocycles. The molecule has 0 saturated carbocycles. The van der Waals surface area contributed by atoms with Crippen molar-refractivity contribution in [1.82, 2.24) is 13.5 Å². The number of nitrogens with zero attached hydrogens (tertiary/aromatic N) is 3. The Bertz CT molecular complexity index is 4180. The molecule has 0 N–H and O–H groups in total. The fourth-order valence-electron chi connectivity index (χ4n) is 11.2. The van der Waals surface area contributed by atoms with E-state index in [9.17, 15) is 0 Å². The van der Waals surface area contributed by atoms with Gasteiger partial charge in [0.2, 0.25) is 0 Å². The van der Waals surface area contributed by atoms with Crippen LogP contribution in [0.1, 0.15) is 5.56 Å². The molecule has 9 aromatic carbocycles. The van der Waals surface area contributed by atoms with Crippen molar-refractivity contribution in [1.29, 1.82) is 0 Å². The summed E-state index contributed by atoms with van der Waals surface area (Å²) in [7, 11) is 0. The van der Waals surface area contributed by atoms with E-state index in [1.165, 1.54) is 103 Å². The first-order chi connectivity index (χ1) is 31.3. The molecule has 4 heterocycles. The molecule has 12 aromatic rings. The van der Waals surface area contributed by atoms with E-state index in [1.54, 1.807) is 0 Å². The lowest BCUT2D eigenvalue weighted by molar-refractivity contribution is 1.18. The van der Waals surface area contributed by atoms with Gasteiger partial charge in [0, 0.05) is 49.1 Å². The van der Waals surface area contributed by atoms with Gasteiger partial charge in [0.25, 0.3) is 0 Å². The lowest BCUT2D eigenvalue weighted by atomic mass is 9.89. The van der Waals surface area contributed by atoms with E-state index in [4.69, 9.17) is 0 Å². The zero-order valence-corrected chi connectivity index (χ0v) is 34.3.